The third kappa shape index (κ3) is 6.98. The first-order chi connectivity index (χ1) is 17.3. The first-order valence-corrected chi connectivity index (χ1v) is 11.6. The fourth-order valence-corrected chi connectivity index (χ4v) is 3.97. The molecule has 0 saturated carbocycles. The van der Waals surface area contributed by atoms with Crippen LogP contribution in [0.3, 0.4) is 0 Å². The number of ketones is 1. The molecule has 0 bridgehead atoms. The molecular weight excluding hydrogens is 544 g/mol. The number of carbonyl (C=O) groups excluding carboxylic acids is 4. The number of fused-ring (bicyclic) bond motifs is 1. The number of hydrogen-bond donors (Lipinski definition) is 4. The second-order valence-electron chi connectivity index (χ2n) is 9.01. The Morgan fingerprint density at radius 3 is 2.45 bits per heavy atom. The van der Waals surface area contributed by atoms with E-state index >= 15 is 0 Å². The van der Waals surface area contributed by atoms with E-state index in [1.54, 1.807) is 26.0 Å². The zero-order valence-electron chi connectivity index (χ0n) is 20.7. The third-order valence-corrected chi connectivity index (χ3v) is 6.07. The van der Waals surface area contributed by atoms with Gasteiger partial charge in [-0.2, -0.15) is 0 Å². The van der Waals surface area contributed by atoms with Gasteiger partial charge < -0.3 is 30.9 Å². The van der Waals surface area contributed by atoms with Gasteiger partial charge in [0.05, 0.1) is 17.7 Å². The molecule has 2 aromatic rings. The van der Waals surface area contributed by atoms with Crippen LogP contribution in [0.2, 0.25) is 5.02 Å². The molecule has 0 unspecified atom stereocenters. The predicted octanol–water partition coefficient (Wildman–Crippen LogP) is 2.09. The maximum Gasteiger partial charge on any atom is 0.325 e. The van der Waals surface area contributed by atoms with Crippen LogP contribution in [-0.4, -0.2) is 59.6 Å². The van der Waals surface area contributed by atoms with Gasteiger partial charge in [0.15, 0.2) is 11.9 Å². The highest BCUT2D eigenvalue weighted by atomic mass is 35.5. The van der Waals surface area contributed by atoms with Gasteiger partial charge in [0, 0.05) is 16.7 Å². The highest BCUT2D eigenvalue weighted by Crippen LogP contribution is 2.42. The first kappa shape index (κ1) is 31.0. The summed E-state index contributed by atoms with van der Waals surface area (Å²) >= 11 is 5.83. The van der Waals surface area contributed by atoms with E-state index in [9.17, 15) is 23.6 Å². The topological polar surface area (TPSA) is 157 Å². The van der Waals surface area contributed by atoms with Gasteiger partial charge in [-0.25, -0.2) is 4.39 Å². The average molecular weight is 572 g/mol. The maximum atomic E-state index is 13.6. The molecule has 0 aliphatic carbocycles. The van der Waals surface area contributed by atoms with E-state index in [1.165, 1.54) is 19.1 Å². The number of halogens is 3. The molecule has 0 spiro atoms. The van der Waals surface area contributed by atoms with Crippen molar-refractivity contribution in [3.8, 4) is 5.75 Å². The Morgan fingerprint density at radius 1 is 1.18 bits per heavy atom. The minimum Gasteiger partial charge on any atom is -0.484 e. The molecule has 2 aromatic carbocycles. The normalized spacial score (nSPS) is 18.1. The van der Waals surface area contributed by atoms with Crippen molar-refractivity contribution in [1.82, 2.24) is 10.6 Å². The van der Waals surface area contributed by atoms with E-state index < -0.39 is 60.5 Å². The molecule has 5 N–H and O–H groups in total. The zero-order chi connectivity index (χ0) is 27.5. The Kier molecular flexibility index (Phi) is 10.2. The molecule has 3 rings (SSSR count). The molecule has 0 radical (unpaired) electrons. The minimum atomic E-state index is -1.21. The summed E-state index contributed by atoms with van der Waals surface area (Å²) < 4.78 is 25.3. The lowest BCUT2D eigenvalue weighted by molar-refractivity contribution is -0.164. The Hall–Kier alpha value is -3.25. The summed E-state index contributed by atoms with van der Waals surface area (Å²) in [6, 6.07) is 5.91. The maximum absolute atomic E-state index is 13.6. The number of aliphatic hydroxyl groups is 1. The molecule has 0 fully saturated rings. The number of ether oxygens (including phenoxy) is 2. The number of rotatable bonds is 8. The van der Waals surface area contributed by atoms with Crippen molar-refractivity contribution in [2.24, 2.45) is 5.73 Å². The molecule has 1 heterocycles. The SMILES string of the molecule is CC(=O)c1ccc2c(c1)[C@@H](NC(=O)c1ccc(F)c(Cl)c1)[C@H](OC(=O)CNC(=O)[C@@H](N)CO)C(C)(C)O2.Cl. The number of carbonyl (C=O) groups is 4. The molecule has 206 valence electrons. The standard InChI is InChI=1S/C25H27ClFN3O7.ClH/c1-12(32)13-5-7-19-15(8-13)21(30-23(34)14-4-6-17(27)16(26)9-14)22(25(2,3)37-19)36-20(33)10-29-24(35)18(28)11-31;/h4-9,18,21-22,31H,10-11,28H2,1-3H3,(H,29,35)(H,30,34);1H/t18-,21+,22-;/m0./s1. The summed E-state index contributed by atoms with van der Waals surface area (Å²) in [5.41, 5.74) is 5.01. The summed E-state index contributed by atoms with van der Waals surface area (Å²) in [6.45, 7) is 3.48. The number of esters is 1. The van der Waals surface area contributed by atoms with E-state index in [-0.39, 0.29) is 28.8 Å². The van der Waals surface area contributed by atoms with Gasteiger partial charge in [-0.15, -0.1) is 12.4 Å². The number of benzene rings is 2. The van der Waals surface area contributed by atoms with Crippen LogP contribution in [0.4, 0.5) is 4.39 Å². The summed E-state index contributed by atoms with van der Waals surface area (Å²) in [4.78, 5) is 49.7. The fraction of sp³-hybridized carbons (Fsp3) is 0.360. The predicted molar refractivity (Wildman–Crippen MR) is 138 cm³/mol. The number of Topliss-reactive ketones (excluding diaryl/α,β-unsaturated/α-hetero) is 1. The summed E-state index contributed by atoms with van der Waals surface area (Å²) in [5, 5.41) is 13.8. The Bertz CT molecular complexity index is 1240. The van der Waals surface area contributed by atoms with Crippen LogP contribution < -0.4 is 21.1 Å². The number of nitrogens with one attached hydrogen (secondary N) is 2. The molecule has 3 atom stereocenters. The van der Waals surface area contributed by atoms with Crippen LogP contribution in [0.25, 0.3) is 0 Å². The molecular formula is C25H28Cl2FN3O7. The van der Waals surface area contributed by atoms with Crippen LogP contribution >= 0.6 is 24.0 Å². The van der Waals surface area contributed by atoms with Crippen molar-refractivity contribution in [3.63, 3.8) is 0 Å². The smallest absolute Gasteiger partial charge is 0.325 e. The molecule has 10 nitrogen and oxygen atoms in total. The van der Waals surface area contributed by atoms with Crippen molar-refractivity contribution in [2.75, 3.05) is 13.2 Å². The minimum absolute atomic E-state index is 0. The monoisotopic (exact) mass is 571 g/mol. The second kappa shape index (κ2) is 12.5. The molecule has 1 aliphatic rings. The van der Waals surface area contributed by atoms with Crippen LogP contribution in [0, 0.1) is 5.82 Å². The lowest BCUT2D eigenvalue weighted by atomic mass is 9.85. The van der Waals surface area contributed by atoms with Crippen molar-refractivity contribution >= 4 is 47.6 Å². The van der Waals surface area contributed by atoms with E-state index in [4.69, 9.17) is 31.9 Å². The van der Waals surface area contributed by atoms with Gasteiger partial charge in [-0.05, 0) is 57.2 Å². The van der Waals surface area contributed by atoms with Crippen LogP contribution in [0.5, 0.6) is 5.75 Å². The quantitative estimate of drug-likeness (QED) is 0.277. The Balaban J connectivity index is 0.00000507. The summed E-state index contributed by atoms with van der Waals surface area (Å²) in [6.07, 6.45) is -1.13. The molecule has 1 aliphatic heterocycles. The second-order valence-corrected chi connectivity index (χ2v) is 9.42. The third-order valence-electron chi connectivity index (χ3n) is 5.78. The molecule has 0 saturated heterocycles. The summed E-state index contributed by atoms with van der Waals surface area (Å²) in [5.74, 6) is -2.85. The fourth-order valence-electron chi connectivity index (χ4n) is 3.79. The van der Waals surface area contributed by atoms with Gasteiger partial charge in [-0.1, -0.05) is 11.6 Å². The molecule has 2 amide bonds. The molecule has 38 heavy (non-hydrogen) atoms. The summed E-state index contributed by atoms with van der Waals surface area (Å²) in [7, 11) is 0. The van der Waals surface area contributed by atoms with Gasteiger partial charge in [0.25, 0.3) is 5.91 Å². The van der Waals surface area contributed by atoms with Crippen LogP contribution in [0.15, 0.2) is 36.4 Å². The highest BCUT2D eigenvalue weighted by Gasteiger charge is 2.47. The lowest BCUT2D eigenvalue weighted by Crippen LogP contribution is -2.56. The van der Waals surface area contributed by atoms with E-state index in [2.05, 4.69) is 10.6 Å². The van der Waals surface area contributed by atoms with Crippen molar-refractivity contribution in [1.29, 1.82) is 0 Å². The van der Waals surface area contributed by atoms with Crippen LogP contribution in [-0.2, 0) is 14.3 Å². The Labute approximate surface area is 229 Å². The van der Waals surface area contributed by atoms with Crippen molar-refractivity contribution < 1.29 is 38.1 Å². The van der Waals surface area contributed by atoms with E-state index in [0.717, 1.165) is 12.1 Å². The van der Waals surface area contributed by atoms with Gasteiger partial charge in [0.1, 0.15) is 29.8 Å². The zero-order valence-corrected chi connectivity index (χ0v) is 22.3. The van der Waals surface area contributed by atoms with Gasteiger partial charge >= 0.3 is 5.97 Å². The highest BCUT2D eigenvalue weighted by molar-refractivity contribution is 6.31. The Morgan fingerprint density at radius 2 is 1.84 bits per heavy atom. The van der Waals surface area contributed by atoms with E-state index in [0.29, 0.717) is 16.9 Å². The van der Waals surface area contributed by atoms with Crippen molar-refractivity contribution in [3.05, 3.63) is 63.9 Å². The van der Waals surface area contributed by atoms with E-state index in [1.807, 2.05) is 0 Å². The average Bonchev–Trinajstić information content (AvgIpc) is 2.84. The van der Waals surface area contributed by atoms with Gasteiger partial charge in [0.2, 0.25) is 5.91 Å². The lowest BCUT2D eigenvalue weighted by Gasteiger charge is -2.44. The van der Waals surface area contributed by atoms with Crippen molar-refractivity contribution in [2.45, 2.75) is 44.6 Å². The largest absolute Gasteiger partial charge is 0.484 e. The number of aliphatic hydroxyl groups excluding tert-OH is 1. The number of nitrogens with two attached hydrogens (primary N) is 1. The van der Waals surface area contributed by atoms with Gasteiger partial charge in [-0.3, -0.25) is 19.2 Å². The molecule has 0 aromatic heterocycles. The first-order valence-electron chi connectivity index (χ1n) is 11.3. The van der Waals surface area contributed by atoms with Crippen LogP contribution in [0.1, 0.15) is 53.1 Å². The molecule has 13 heteroatoms. The number of hydrogen-bond acceptors (Lipinski definition) is 8. The number of amides is 2.